The summed E-state index contributed by atoms with van der Waals surface area (Å²) in [6.45, 7) is 5.92. The van der Waals surface area contributed by atoms with Gasteiger partial charge in [0, 0.05) is 4.47 Å². The third-order valence-electron chi connectivity index (χ3n) is 1.63. The van der Waals surface area contributed by atoms with Crippen LogP contribution in [-0.4, -0.2) is 16.7 Å². The minimum Gasteiger partial charge on any atom is -0.543 e. The highest BCUT2D eigenvalue weighted by Crippen LogP contribution is 2.28. The second kappa shape index (κ2) is 4.48. The van der Waals surface area contributed by atoms with Crippen molar-refractivity contribution in [3.05, 3.63) is 22.7 Å². The van der Waals surface area contributed by atoms with E-state index in [1.54, 1.807) is 12.1 Å². The zero-order valence-electron chi connectivity index (χ0n) is 9.32. The lowest BCUT2D eigenvalue weighted by atomic mass is 10.3. The predicted molar refractivity (Wildman–Crippen MR) is 69.5 cm³/mol. The molecule has 0 aromatic heterocycles. The molecular weight excluding hydrogens is 310 g/mol. The van der Waals surface area contributed by atoms with E-state index in [1.165, 1.54) is 6.07 Å². The molecule has 0 heterocycles. The van der Waals surface area contributed by atoms with Crippen molar-refractivity contribution in [1.29, 1.82) is 0 Å². The van der Waals surface area contributed by atoms with Crippen LogP contribution in [0.25, 0.3) is 0 Å². The molecule has 0 unspecified atom stereocenters. The van der Waals surface area contributed by atoms with Gasteiger partial charge in [0.05, 0.1) is 0 Å². The molecule has 0 aliphatic heterocycles. The molecule has 0 bridgehead atoms. The number of hydrogen-bond acceptors (Lipinski definition) is 3. The van der Waals surface area contributed by atoms with Crippen LogP contribution in [0.15, 0.2) is 27.6 Å². The van der Waals surface area contributed by atoms with E-state index in [0.717, 1.165) is 0 Å². The van der Waals surface area contributed by atoms with Crippen LogP contribution in [0.5, 0.6) is 5.75 Å². The number of hydrogen-bond donors (Lipinski definition) is 1. The fourth-order valence-corrected chi connectivity index (χ4v) is 3.22. The molecule has 0 fully saturated rings. The van der Waals surface area contributed by atoms with E-state index < -0.39 is 18.3 Å². The fraction of sp³-hybridized carbons (Fsp3) is 0.333. The van der Waals surface area contributed by atoms with Gasteiger partial charge in [-0.3, -0.25) is 0 Å². The standard InChI is InChI=1S/C9H14BrNO3SSi/c1-16(2,3)14-8-5-4-7(10)6-9(8)15(11,12)13/h4-6H,1-3H3,(H2,11,12,13). The molecule has 0 aliphatic rings. The first kappa shape index (κ1) is 13.7. The van der Waals surface area contributed by atoms with E-state index in [-0.39, 0.29) is 4.90 Å². The van der Waals surface area contributed by atoms with E-state index in [4.69, 9.17) is 9.56 Å². The lowest BCUT2D eigenvalue weighted by Gasteiger charge is -2.21. The van der Waals surface area contributed by atoms with Gasteiger partial charge >= 0.3 is 0 Å². The Morgan fingerprint density at radius 2 is 1.88 bits per heavy atom. The third-order valence-corrected chi connectivity index (χ3v) is 3.89. The maximum atomic E-state index is 11.4. The van der Waals surface area contributed by atoms with E-state index >= 15 is 0 Å². The molecule has 1 aromatic rings. The molecule has 0 saturated heterocycles. The minimum absolute atomic E-state index is 0.0179. The first-order valence-electron chi connectivity index (χ1n) is 4.61. The normalized spacial score (nSPS) is 12.6. The van der Waals surface area contributed by atoms with Gasteiger partial charge in [0.1, 0.15) is 10.6 Å². The summed E-state index contributed by atoms with van der Waals surface area (Å²) >= 11 is 3.20. The second-order valence-electron chi connectivity index (χ2n) is 4.35. The summed E-state index contributed by atoms with van der Waals surface area (Å²) in [6, 6.07) is 4.79. The van der Waals surface area contributed by atoms with Crippen molar-refractivity contribution in [3.63, 3.8) is 0 Å². The van der Waals surface area contributed by atoms with Gasteiger partial charge in [0.15, 0.2) is 0 Å². The van der Waals surface area contributed by atoms with Gasteiger partial charge < -0.3 is 4.43 Å². The summed E-state index contributed by atoms with van der Waals surface area (Å²) in [5.74, 6) is 0.324. The lowest BCUT2D eigenvalue weighted by Crippen LogP contribution is -2.30. The van der Waals surface area contributed by atoms with Crippen LogP contribution >= 0.6 is 15.9 Å². The molecule has 0 radical (unpaired) electrons. The van der Waals surface area contributed by atoms with Crippen LogP contribution in [-0.2, 0) is 10.0 Å². The first-order chi connectivity index (χ1) is 7.09. The molecule has 0 atom stereocenters. The SMILES string of the molecule is C[Si](C)(C)Oc1ccc(Br)cc1S(N)(=O)=O. The summed E-state index contributed by atoms with van der Waals surface area (Å²) in [5.41, 5.74) is 0. The molecular formula is C9H14BrNO3SSi. The smallest absolute Gasteiger partial charge is 0.242 e. The molecule has 16 heavy (non-hydrogen) atoms. The summed E-state index contributed by atoms with van der Waals surface area (Å²) in [4.78, 5) is 0.0179. The molecule has 90 valence electrons. The molecule has 0 aliphatic carbocycles. The number of rotatable bonds is 3. The first-order valence-corrected chi connectivity index (χ1v) is 10.4. The number of sulfonamides is 1. The van der Waals surface area contributed by atoms with Crippen molar-refractivity contribution in [2.24, 2.45) is 5.14 Å². The zero-order chi connectivity index (χ0) is 12.6. The quantitative estimate of drug-likeness (QED) is 0.868. The Morgan fingerprint density at radius 3 is 2.31 bits per heavy atom. The van der Waals surface area contributed by atoms with Crippen molar-refractivity contribution in [2.75, 3.05) is 0 Å². The summed E-state index contributed by atoms with van der Waals surface area (Å²) in [5, 5.41) is 5.13. The topological polar surface area (TPSA) is 69.4 Å². The third kappa shape index (κ3) is 3.89. The van der Waals surface area contributed by atoms with E-state index in [9.17, 15) is 8.42 Å². The van der Waals surface area contributed by atoms with Gasteiger partial charge in [-0.1, -0.05) is 15.9 Å². The van der Waals surface area contributed by atoms with E-state index in [1.807, 2.05) is 19.6 Å². The van der Waals surface area contributed by atoms with E-state index in [0.29, 0.717) is 10.2 Å². The Kier molecular flexibility index (Phi) is 3.83. The Balaban J connectivity index is 3.30. The fourth-order valence-electron chi connectivity index (χ4n) is 1.12. The Hall–Kier alpha value is -0.373. The van der Waals surface area contributed by atoms with Gasteiger partial charge in [0.2, 0.25) is 18.3 Å². The van der Waals surface area contributed by atoms with Crippen LogP contribution in [0, 0.1) is 0 Å². The summed E-state index contributed by atoms with van der Waals surface area (Å²) in [7, 11) is -5.62. The summed E-state index contributed by atoms with van der Waals surface area (Å²) < 4.78 is 29.1. The van der Waals surface area contributed by atoms with Crippen molar-refractivity contribution in [3.8, 4) is 5.75 Å². The Labute approximate surface area is 105 Å². The molecule has 7 heteroatoms. The Bertz CT molecular complexity index is 496. The zero-order valence-corrected chi connectivity index (χ0v) is 12.7. The summed E-state index contributed by atoms with van der Waals surface area (Å²) in [6.07, 6.45) is 0. The second-order valence-corrected chi connectivity index (χ2v) is 11.2. The highest BCUT2D eigenvalue weighted by molar-refractivity contribution is 9.10. The van der Waals surface area contributed by atoms with Gasteiger partial charge in [-0.05, 0) is 37.8 Å². The number of nitrogens with two attached hydrogens (primary N) is 1. The molecule has 4 nitrogen and oxygen atoms in total. The maximum absolute atomic E-state index is 11.4. The maximum Gasteiger partial charge on any atom is 0.242 e. The number of benzene rings is 1. The van der Waals surface area contributed by atoms with Crippen molar-refractivity contribution in [1.82, 2.24) is 0 Å². The van der Waals surface area contributed by atoms with Crippen LogP contribution in [0.1, 0.15) is 0 Å². The number of primary sulfonamides is 1. The van der Waals surface area contributed by atoms with Crippen LogP contribution < -0.4 is 9.56 Å². The molecule has 0 saturated carbocycles. The van der Waals surface area contributed by atoms with Crippen LogP contribution in [0.3, 0.4) is 0 Å². The largest absolute Gasteiger partial charge is 0.543 e. The molecule has 0 amide bonds. The van der Waals surface area contributed by atoms with Gasteiger partial charge in [-0.25, -0.2) is 13.6 Å². The average Bonchev–Trinajstić information content (AvgIpc) is 2.04. The van der Waals surface area contributed by atoms with Gasteiger partial charge in [-0.2, -0.15) is 0 Å². The van der Waals surface area contributed by atoms with Gasteiger partial charge in [0.25, 0.3) is 0 Å². The van der Waals surface area contributed by atoms with Crippen LogP contribution in [0.2, 0.25) is 19.6 Å². The van der Waals surface area contributed by atoms with E-state index in [2.05, 4.69) is 15.9 Å². The van der Waals surface area contributed by atoms with Crippen molar-refractivity contribution in [2.45, 2.75) is 24.5 Å². The van der Waals surface area contributed by atoms with Crippen molar-refractivity contribution < 1.29 is 12.8 Å². The lowest BCUT2D eigenvalue weighted by molar-refractivity contribution is 0.535. The van der Waals surface area contributed by atoms with Crippen molar-refractivity contribution >= 4 is 34.3 Å². The van der Waals surface area contributed by atoms with Crippen LogP contribution in [0.4, 0.5) is 0 Å². The monoisotopic (exact) mass is 323 g/mol. The minimum atomic E-state index is -3.76. The molecule has 1 rings (SSSR count). The highest BCUT2D eigenvalue weighted by atomic mass is 79.9. The predicted octanol–water partition coefficient (Wildman–Crippen LogP) is 2.31. The number of halogens is 1. The Morgan fingerprint density at radius 1 is 1.31 bits per heavy atom. The highest BCUT2D eigenvalue weighted by Gasteiger charge is 2.22. The van der Waals surface area contributed by atoms with Gasteiger partial charge in [-0.15, -0.1) is 0 Å². The molecule has 2 N–H and O–H groups in total. The molecule has 0 spiro atoms. The molecule has 1 aromatic carbocycles. The average molecular weight is 324 g/mol.